The van der Waals surface area contributed by atoms with E-state index < -0.39 is 5.82 Å². The molecule has 0 unspecified atom stereocenters. The Bertz CT molecular complexity index is 1180. The average molecular weight is 500 g/mol. The Kier molecular flexibility index (Phi) is 9.09. The number of benzene rings is 3. The number of amides is 1. The fraction of sp³-hybridized carbons (Fsp3) is 0.259. The number of carbonyl (C=O) groups is 2. The molecule has 3 rings (SSSR count). The van der Waals surface area contributed by atoms with Crippen LogP contribution in [-0.2, 0) is 22.5 Å². The minimum absolute atomic E-state index is 0.0271. The number of esters is 1. The summed E-state index contributed by atoms with van der Waals surface area (Å²) in [6.07, 6.45) is 1.10. The third kappa shape index (κ3) is 6.96. The highest BCUT2D eigenvalue weighted by molar-refractivity contribution is 6.30. The van der Waals surface area contributed by atoms with Crippen molar-refractivity contribution in [2.24, 2.45) is 5.92 Å². The van der Waals surface area contributed by atoms with Gasteiger partial charge in [0, 0.05) is 12.6 Å². The quantitative estimate of drug-likeness (QED) is 0.349. The van der Waals surface area contributed by atoms with E-state index >= 15 is 0 Å². The highest BCUT2D eigenvalue weighted by Gasteiger charge is 2.20. The maximum Gasteiger partial charge on any atom is 0.308 e. The van der Waals surface area contributed by atoms with Gasteiger partial charge in [-0.3, -0.25) is 9.59 Å². The normalized spacial score (nSPS) is 11.5. The van der Waals surface area contributed by atoms with Crippen LogP contribution in [0.15, 0.2) is 60.7 Å². The van der Waals surface area contributed by atoms with E-state index in [0.29, 0.717) is 35.7 Å². The Morgan fingerprint density at radius 3 is 2.29 bits per heavy atom. The molecule has 3 aromatic carbocycles. The zero-order chi connectivity index (χ0) is 25.4. The third-order valence-corrected chi connectivity index (χ3v) is 5.83. The molecule has 0 aromatic heterocycles. The molecule has 1 N–H and O–H groups in total. The average Bonchev–Trinajstić information content (AvgIpc) is 2.88. The van der Waals surface area contributed by atoms with Gasteiger partial charge in [-0.25, -0.2) is 4.39 Å². The topological polar surface area (TPSA) is 73.9 Å². The second kappa shape index (κ2) is 12.2. The number of carbonyl (C=O) groups excluding carboxylic acids is 2. The summed E-state index contributed by atoms with van der Waals surface area (Å²) < 4.78 is 29.5. The van der Waals surface area contributed by atoms with Crippen LogP contribution < -0.4 is 14.8 Å². The van der Waals surface area contributed by atoms with Crippen molar-refractivity contribution in [2.45, 2.75) is 26.3 Å². The van der Waals surface area contributed by atoms with Gasteiger partial charge in [-0.05, 0) is 60.4 Å². The summed E-state index contributed by atoms with van der Waals surface area (Å²) in [6.45, 7) is 2.20. The van der Waals surface area contributed by atoms with Crippen LogP contribution in [0.1, 0.15) is 34.8 Å². The molecule has 8 heteroatoms. The van der Waals surface area contributed by atoms with E-state index in [-0.39, 0.29) is 29.4 Å². The van der Waals surface area contributed by atoms with Crippen LogP contribution in [0.4, 0.5) is 4.39 Å². The van der Waals surface area contributed by atoms with Crippen LogP contribution >= 0.6 is 11.6 Å². The van der Waals surface area contributed by atoms with Gasteiger partial charge in [0.05, 0.1) is 30.7 Å². The summed E-state index contributed by atoms with van der Waals surface area (Å²) >= 11 is 5.69. The van der Waals surface area contributed by atoms with Crippen molar-refractivity contribution in [3.63, 3.8) is 0 Å². The lowest BCUT2D eigenvalue weighted by atomic mass is 9.95. The summed E-state index contributed by atoms with van der Waals surface area (Å²) in [6, 6.07) is 16.6. The maximum atomic E-state index is 13.6. The molecule has 0 aliphatic heterocycles. The summed E-state index contributed by atoms with van der Waals surface area (Å²) in [5.74, 6) is -0.122. The van der Waals surface area contributed by atoms with Crippen molar-refractivity contribution in [2.75, 3.05) is 14.2 Å². The van der Waals surface area contributed by atoms with Crippen molar-refractivity contribution in [3.05, 3.63) is 88.2 Å². The molecule has 0 radical (unpaired) electrons. The smallest absolute Gasteiger partial charge is 0.308 e. The molecule has 0 saturated heterocycles. The monoisotopic (exact) mass is 499 g/mol. The Hall–Kier alpha value is -3.58. The Morgan fingerprint density at radius 2 is 1.66 bits per heavy atom. The number of halogens is 2. The minimum Gasteiger partial charge on any atom is -0.496 e. The van der Waals surface area contributed by atoms with Gasteiger partial charge in [-0.15, -0.1) is 0 Å². The molecule has 3 aromatic rings. The molecule has 0 bridgehead atoms. The first-order chi connectivity index (χ1) is 16.8. The fourth-order valence-electron chi connectivity index (χ4n) is 3.53. The molecule has 0 aliphatic rings. The van der Waals surface area contributed by atoms with Gasteiger partial charge in [0.25, 0.3) is 5.91 Å². The van der Waals surface area contributed by atoms with Gasteiger partial charge >= 0.3 is 5.97 Å². The standard InChI is InChI=1S/C27H27ClFNO5/c1-4-19(27(32)34-3)13-18-7-12-25(33-2)22(14-18)26(31)30-16-17-5-8-20(9-6-17)35-21-10-11-23(28)24(29)15-21/h5-12,14-15,19H,4,13,16H2,1-3H3,(H,30,31)/t19-/m0/s1. The van der Waals surface area contributed by atoms with Gasteiger partial charge in [0.1, 0.15) is 23.1 Å². The van der Waals surface area contributed by atoms with E-state index in [1.54, 1.807) is 42.5 Å². The van der Waals surface area contributed by atoms with Crippen LogP contribution in [0.5, 0.6) is 17.2 Å². The van der Waals surface area contributed by atoms with Crippen molar-refractivity contribution in [1.29, 1.82) is 0 Å². The first kappa shape index (κ1) is 26.0. The van der Waals surface area contributed by atoms with Crippen LogP contribution in [0.2, 0.25) is 5.02 Å². The lowest BCUT2D eigenvalue weighted by molar-refractivity contribution is -0.145. The summed E-state index contributed by atoms with van der Waals surface area (Å²) in [4.78, 5) is 24.9. The van der Waals surface area contributed by atoms with E-state index in [0.717, 1.165) is 11.1 Å². The van der Waals surface area contributed by atoms with Gasteiger partial charge in [0.2, 0.25) is 0 Å². The molecule has 0 aliphatic carbocycles. The molecule has 1 amide bonds. The molecular weight excluding hydrogens is 473 g/mol. The van der Waals surface area contributed by atoms with E-state index in [9.17, 15) is 14.0 Å². The SMILES string of the molecule is CC[C@@H](Cc1ccc(OC)c(C(=O)NCc2ccc(Oc3ccc(Cl)c(F)c3)cc2)c1)C(=O)OC. The number of rotatable bonds is 10. The summed E-state index contributed by atoms with van der Waals surface area (Å²) in [7, 11) is 2.87. The fourth-order valence-corrected chi connectivity index (χ4v) is 3.65. The summed E-state index contributed by atoms with van der Waals surface area (Å²) in [5, 5.41) is 2.91. The lowest BCUT2D eigenvalue weighted by Gasteiger charge is -2.15. The lowest BCUT2D eigenvalue weighted by Crippen LogP contribution is -2.24. The molecule has 0 spiro atoms. The van der Waals surface area contributed by atoms with Crippen LogP contribution in [0.25, 0.3) is 0 Å². The molecule has 184 valence electrons. The van der Waals surface area contributed by atoms with Crippen molar-refractivity contribution >= 4 is 23.5 Å². The predicted octanol–water partition coefficient (Wildman–Crippen LogP) is 5.95. The second-order valence-corrected chi connectivity index (χ2v) is 8.28. The van der Waals surface area contributed by atoms with E-state index in [1.807, 2.05) is 13.0 Å². The largest absolute Gasteiger partial charge is 0.496 e. The molecule has 1 atom stereocenters. The van der Waals surface area contributed by atoms with Crippen LogP contribution in [0.3, 0.4) is 0 Å². The van der Waals surface area contributed by atoms with Gasteiger partial charge < -0.3 is 19.5 Å². The molecule has 35 heavy (non-hydrogen) atoms. The van der Waals surface area contributed by atoms with Gasteiger partial charge in [-0.2, -0.15) is 0 Å². The van der Waals surface area contributed by atoms with Crippen molar-refractivity contribution in [1.82, 2.24) is 5.32 Å². The number of nitrogens with one attached hydrogen (secondary N) is 1. The number of ether oxygens (including phenoxy) is 3. The summed E-state index contributed by atoms with van der Waals surface area (Å²) in [5.41, 5.74) is 2.07. The van der Waals surface area contributed by atoms with Gasteiger partial charge in [-0.1, -0.05) is 36.7 Å². The maximum absolute atomic E-state index is 13.6. The van der Waals surface area contributed by atoms with Crippen LogP contribution in [-0.4, -0.2) is 26.1 Å². The van der Waals surface area contributed by atoms with Crippen molar-refractivity contribution < 1.29 is 28.2 Å². The second-order valence-electron chi connectivity index (χ2n) is 7.87. The molecule has 0 fully saturated rings. The Labute approximate surface area is 209 Å². The van der Waals surface area contributed by atoms with Gasteiger partial charge in [0.15, 0.2) is 0 Å². The molecular formula is C27H27ClFNO5. The molecule has 0 saturated carbocycles. The highest BCUT2D eigenvalue weighted by Crippen LogP contribution is 2.26. The molecule has 6 nitrogen and oxygen atoms in total. The third-order valence-electron chi connectivity index (χ3n) is 5.52. The predicted molar refractivity (Wildman–Crippen MR) is 132 cm³/mol. The minimum atomic E-state index is -0.557. The zero-order valence-corrected chi connectivity index (χ0v) is 20.5. The van der Waals surface area contributed by atoms with E-state index in [1.165, 1.54) is 26.4 Å². The highest BCUT2D eigenvalue weighted by atomic mass is 35.5. The number of hydrogen-bond donors (Lipinski definition) is 1. The first-order valence-corrected chi connectivity index (χ1v) is 11.5. The zero-order valence-electron chi connectivity index (χ0n) is 19.8. The number of methoxy groups -OCH3 is 2. The number of hydrogen-bond acceptors (Lipinski definition) is 5. The van der Waals surface area contributed by atoms with Crippen molar-refractivity contribution in [3.8, 4) is 17.2 Å². The first-order valence-electron chi connectivity index (χ1n) is 11.1. The molecule has 0 heterocycles. The Balaban J connectivity index is 1.64. The van der Waals surface area contributed by atoms with Crippen LogP contribution in [0, 0.1) is 11.7 Å². The van der Waals surface area contributed by atoms with E-state index in [4.69, 9.17) is 25.8 Å². The van der Waals surface area contributed by atoms with E-state index in [2.05, 4.69) is 5.32 Å². The Morgan fingerprint density at radius 1 is 0.971 bits per heavy atom.